The van der Waals surface area contributed by atoms with E-state index in [1.807, 2.05) is 4.98 Å². The number of aromatic amines is 1. The Kier molecular flexibility index (Phi) is 3.17. The van der Waals surface area contributed by atoms with Crippen LogP contribution in [0, 0.1) is 0 Å². The van der Waals surface area contributed by atoms with Crippen LogP contribution in [0.25, 0.3) is 0 Å². The van der Waals surface area contributed by atoms with Gasteiger partial charge < -0.3 is 24.4 Å². The summed E-state index contributed by atoms with van der Waals surface area (Å²) in [6.45, 7) is 3.12. The second kappa shape index (κ2) is 4.67. The van der Waals surface area contributed by atoms with Gasteiger partial charge in [0.1, 0.15) is 18.3 Å². The number of hydrogen-bond donors (Lipinski definition) is 3. The second-order valence-electron chi connectivity index (χ2n) is 5.49. The highest BCUT2D eigenvalue weighted by molar-refractivity contribution is 5.10. The van der Waals surface area contributed by atoms with Crippen molar-refractivity contribution in [3.63, 3.8) is 0 Å². The third kappa shape index (κ3) is 2.27. The number of fused-ring (bicyclic) bond motifs is 1. The average molecular weight is 300 g/mol. The Morgan fingerprint density at radius 3 is 2.67 bits per heavy atom. The normalized spacial score (nSPS) is 34.0. The minimum atomic E-state index is -0.913. The van der Waals surface area contributed by atoms with Gasteiger partial charge in [-0.15, -0.1) is 0 Å². The molecule has 2 aliphatic rings. The summed E-state index contributed by atoms with van der Waals surface area (Å²) in [4.78, 5) is 25.1. The molecule has 0 aromatic carbocycles. The first-order chi connectivity index (χ1) is 9.82. The fraction of sp³-hybridized carbons (Fsp3) is 0.667. The number of aromatic nitrogens is 2. The van der Waals surface area contributed by atoms with Gasteiger partial charge in [0, 0.05) is 0 Å². The van der Waals surface area contributed by atoms with Crippen LogP contribution in [0.2, 0.25) is 0 Å². The van der Waals surface area contributed by atoms with Crippen LogP contribution in [-0.4, -0.2) is 50.5 Å². The van der Waals surface area contributed by atoms with Crippen molar-refractivity contribution in [2.75, 3.05) is 6.61 Å². The summed E-state index contributed by atoms with van der Waals surface area (Å²) < 4.78 is 18.0. The molecular weight excluding hydrogens is 284 g/mol. The van der Waals surface area contributed by atoms with Crippen molar-refractivity contribution in [2.45, 2.75) is 44.2 Å². The number of aromatic hydroxyl groups is 1. The number of nitrogens with one attached hydrogen (secondary N) is 1. The van der Waals surface area contributed by atoms with Crippen LogP contribution in [0.3, 0.4) is 0 Å². The van der Waals surface area contributed by atoms with Crippen LogP contribution < -0.4 is 11.2 Å². The first-order valence-corrected chi connectivity index (χ1v) is 6.49. The Labute approximate surface area is 118 Å². The third-order valence-electron chi connectivity index (χ3n) is 3.53. The molecule has 4 atom stereocenters. The van der Waals surface area contributed by atoms with Gasteiger partial charge in [-0.25, -0.2) is 4.79 Å². The Balaban J connectivity index is 2.01. The fourth-order valence-corrected chi connectivity index (χ4v) is 2.69. The molecule has 0 aliphatic carbocycles. The van der Waals surface area contributed by atoms with E-state index < -0.39 is 47.3 Å². The molecule has 2 unspecified atom stereocenters. The van der Waals surface area contributed by atoms with Crippen LogP contribution in [-0.2, 0) is 14.2 Å². The zero-order chi connectivity index (χ0) is 15.4. The number of hydrogen-bond acceptors (Lipinski definition) is 7. The van der Waals surface area contributed by atoms with Gasteiger partial charge in [0.25, 0.3) is 5.56 Å². The van der Waals surface area contributed by atoms with Crippen LogP contribution in [0.1, 0.15) is 20.1 Å². The third-order valence-corrected chi connectivity index (χ3v) is 3.53. The van der Waals surface area contributed by atoms with Crippen molar-refractivity contribution >= 4 is 0 Å². The standard InChI is InChI=1S/C12H16N2O7/c1-12(2)20-7-6(4-15)19-10(8(7)21-12)14-3-5(16)9(17)13-11(14)18/h3,6-8,10,15-16H,4H2,1-2H3,(H,13,17,18)/t6-,7?,8?,10-/m1/s1. The van der Waals surface area contributed by atoms with Crippen LogP contribution in [0.4, 0.5) is 0 Å². The number of H-pyrrole nitrogens is 1. The smallest absolute Gasteiger partial charge is 0.330 e. The Morgan fingerprint density at radius 2 is 2.00 bits per heavy atom. The Morgan fingerprint density at radius 1 is 1.33 bits per heavy atom. The predicted molar refractivity (Wildman–Crippen MR) is 67.8 cm³/mol. The maximum Gasteiger partial charge on any atom is 0.330 e. The molecule has 0 spiro atoms. The molecule has 3 heterocycles. The van der Waals surface area contributed by atoms with Gasteiger partial charge in [-0.2, -0.15) is 0 Å². The lowest BCUT2D eigenvalue weighted by Gasteiger charge is -2.24. The molecule has 0 saturated carbocycles. The fourth-order valence-electron chi connectivity index (χ4n) is 2.69. The average Bonchev–Trinajstić information content (AvgIpc) is 2.87. The molecule has 1 aromatic rings. The maximum atomic E-state index is 11.9. The van der Waals surface area contributed by atoms with Gasteiger partial charge in [0.15, 0.2) is 17.8 Å². The van der Waals surface area contributed by atoms with Crippen molar-refractivity contribution in [2.24, 2.45) is 0 Å². The van der Waals surface area contributed by atoms with Gasteiger partial charge in [0.2, 0.25) is 0 Å². The first-order valence-electron chi connectivity index (χ1n) is 6.49. The number of aliphatic hydroxyl groups excluding tert-OH is 1. The second-order valence-corrected chi connectivity index (χ2v) is 5.49. The Bertz CT molecular complexity index is 664. The molecule has 2 fully saturated rings. The highest BCUT2D eigenvalue weighted by Crippen LogP contribution is 2.42. The van der Waals surface area contributed by atoms with E-state index in [9.17, 15) is 19.8 Å². The Hall–Kier alpha value is -1.68. The van der Waals surface area contributed by atoms with Gasteiger partial charge in [0.05, 0.1) is 12.8 Å². The predicted octanol–water partition coefficient (Wildman–Crippen LogP) is -1.35. The lowest BCUT2D eigenvalue weighted by Crippen LogP contribution is -2.37. The van der Waals surface area contributed by atoms with Crippen molar-refractivity contribution in [1.29, 1.82) is 0 Å². The summed E-state index contributed by atoms with van der Waals surface area (Å²) in [5.41, 5.74) is -1.62. The van der Waals surface area contributed by atoms with E-state index in [2.05, 4.69) is 0 Å². The molecule has 9 nitrogen and oxygen atoms in total. The summed E-state index contributed by atoms with van der Waals surface area (Å²) in [6, 6.07) is 0. The molecule has 0 amide bonds. The van der Waals surface area contributed by atoms with E-state index in [0.717, 1.165) is 10.8 Å². The summed E-state index contributed by atoms with van der Waals surface area (Å²) in [7, 11) is 0. The van der Waals surface area contributed by atoms with Gasteiger partial charge in [-0.1, -0.05) is 0 Å². The zero-order valence-electron chi connectivity index (χ0n) is 11.5. The van der Waals surface area contributed by atoms with Gasteiger partial charge in [-0.05, 0) is 13.8 Å². The summed E-state index contributed by atoms with van der Waals surface area (Å²) >= 11 is 0. The lowest BCUT2D eigenvalue weighted by molar-refractivity contribution is -0.200. The van der Waals surface area contributed by atoms with E-state index in [1.54, 1.807) is 13.8 Å². The van der Waals surface area contributed by atoms with Gasteiger partial charge in [-0.3, -0.25) is 14.3 Å². The number of nitrogens with zero attached hydrogens (tertiary/aromatic N) is 1. The number of rotatable bonds is 2. The molecule has 21 heavy (non-hydrogen) atoms. The van der Waals surface area contributed by atoms with Crippen molar-refractivity contribution < 1.29 is 24.4 Å². The molecule has 0 radical (unpaired) electrons. The molecule has 1 aromatic heterocycles. The largest absolute Gasteiger partial charge is 0.502 e. The van der Waals surface area contributed by atoms with Crippen LogP contribution in [0.15, 0.2) is 15.8 Å². The van der Waals surface area contributed by atoms with E-state index in [-0.39, 0.29) is 6.61 Å². The summed E-state index contributed by atoms with van der Waals surface area (Å²) in [6.07, 6.45) is -1.78. The molecule has 3 rings (SSSR count). The monoisotopic (exact) mass is 300 g/mol. The molecule has 2 aliphatic heterocycles. The van der Waals surface area contributed by atoms with E-state index in [4.69, 9.17) is 14.2 Å². The SMILES string of the molecule is CC1(C)OC2C(O1)[C@@H](CO)O[C@H]2n1cc(O)c(=O)[nH]c1=O. The minimum Gasteiger partial charge on any atom is -0.502 e. The number of ether oxygens (including phenoxy) is 3. The van der Waals surface area contributed by atoms with Crippen LogP contribution in [0.5, 0.6) is 5.75 Å². The molecule has 3 N–H and O–H groups in total. The zero-order valence-corrected chi connectivity index (χ0v) is 11.5. The van der Waals surface area contributed by atoms with Crippen LogP contribution >= 0.6 is 0 Å². The summed E-state index contributed by atoms with van der Waals surface area (Å²) in [5.74, 6) is -1.49. The first kappa shape index (κ1) is 14.3. The molecular formula is C12H16N2O7. The maximum absolute atomic E-state index is 11.9. The topological polar surface area (TPSA) is 123 Å². The number of aliphatic hydroxyl groups is 1. The van der Waals surface area contributed by atoms with E-state index in [1.165, 1.54) is 0 Å². The molecule has 2 saturated heterocycles. The molecule has 0 bridgehead atoms. The molecule has 116 valence electrons. The van der Waals surface area contributed by atoms with Crippen molar-refractivity contribution in [3.05, 3.63) is 27.0 Å². The summed E-state index contributed by atoms with van der Waals surface area (Å²) in [5, 5.41) is 18.8. The molecule has 9 heteroatoms. The lowest BCUT2D eigenvalue weighted by atomic mass is 10.1. The van der Waals surface area contributed by atoms with Crippen molar-refractivity contribution in [1.82, 2.24) is 9.55 Å². The highest BCUT2D eigenvalue weighted by Gasteiger charge is 2.55. The van der Waals surface area contributed by atoms with Crippen molar-refractivity contribution in [3.8, 4) is 5.75 Å². The van der Waals surface area contributed by atoms with E-state index in [0.29, 0.717) is 0 Å². The minimum absolute atomic E-state index is 0.304. The van der Waals surface area contributed by atoms with E-state index >= 15 is 0 Å². The quantitative estimate of drug-likeness (QED) is 0.617. The highest BCUT2D eigenvalue weighted by atomic mass is 16.8. The van der Waals surface area contributed by atoms with Gasteiger partial charge >= 0.3 is 5.69 Å².